The number of hydrogen-bond acceptors (Lipinski definition) is 4. The third-order valence-electron chi connectivity index (χ3n) is 2.57. The SMILES string of the molecule is COCCCN(C)C(C)(COC)C(=O)O. The molecule has 0 saturated heterocycles. The summed E-state index contributed by atoms with van der Waals surface area (Å²) in [6, 6.07) is 0. The number of nitrogens with zero attached hydrogens (tertiary/aromatic N) is 1. The van der Waals surface area contributed by atoms with Gasteiger partial charge in [0.1, 0.15) is 5.54 Å². The number of carboxylic acid groups (broad SMARTS) is 1. The Balaban J connectivity index is 4.28. The fourth-order valence-electron chi connectivity index (χ4n) is 1.31. The first kappa shape index (κ1) is 14.3. The van der Waals surface area contributed by atoms with Crippen molar-refractivity contribution in [2.45, 2.75) is 18.9 Å². The summed E-state index contributed by atoms with van der Waals surface area (Å²) in [5, 5.41) is 9.14. The summed E-state index contributed by atoms with van der Waals surface area (Å²) in [5.41, 5.74) is -0.970. The van der Waals surface area contributed by atoms with E-state index in [0.29, 0.717) is 13.2 Å². The second-order valence-electron chi connectivity index (χ2n) is 3.78. The topological polar surface area (TPSA) is 59.0 Å². The van der Waals surface area contributed by atoms with E-state index in [-0.39, 0.29) is 6.61 Å². The van der Waals surface area contributed by atoms with Crippen molar-refractivity contribution in [3.05, 3.63) is 0 Å². The van der Waals surface area contributed by atoms with Gasteiger partial charge in [-0.3, -0.25) is 9.69 Å². The number of hydrogen-bond donors (Lipinski definition) is 1. The molecule has 0 amide bonds. The molecule has 0 bridgehead atoms. The number of methoxy groups -OCH3 is 2. The molecule has 0 aromatic rings. The first-order valence-corrected chi connectivity index (χ1v) is 4.91. The third kappa shape index (κ3) is 4.15. The highest BCUT2D eigenvalue weighted by molar-refractivity contribution is 5.78. The summed E-state index contributed by atoms with van der Waals surface area (Å²) in [7, 11) is 4.92. The van der Waals surface area contributed by atoms with Crippen LogP contribution in [-0.2, 0) is 14.3 Å². The molecule has 0 aromatic carbocycles. The molecule has 0 heterocycles. The van der Waals surface area contributed by atoms with Gasteiger partial charge >= 0.3 is 5.97 Å². The van der Waals surface area contributed by atoms with Crippen LogP contribution in [0.3, 0.4) is 0 Å². The number of carbonyl (C=O) groups is 1. The Hall–Kier alpha value is -0.650. The molecule has 0 spiro atoms. The lowest BCUT2D eigenvalue weighted by molar-refractivity contribution is -0.153. The fourth-order valence-corrected chi connectivity index (χ4v) is 1.31. The highest BCUT2D eigenvalue weighted by Crippen LogP contribution is 2.14. The standard InChI is InChI=1S/C10H21NO4/c1-10(8-15-4,9(12)13)11(2)6-5-7-14-3/h5-8H2,1-4H3,(H,12,13). The van der Waals surface area contributed by atoms with Crippen molar-refractivity contribution in [1.82, 2.24) is 4.90 Å². The minimum absolute atomic E-state index is 0.172. The van der Waals surface area contributed by atoms with E-state index >= 15 is 0 Å². The van der Waals surface area contributed by atoms with Crippen LogP contribution in [0.5, 0.6) is 0 Å². The molecular formula is C10H21NO4. The third-order valence-corrected chi connectivity index (χ3v) is 2.57. The number of ether oxygens (including phenoxy) is 2. The molecule has 15 heavy (non-hydrogen) atoms. The van der Waals surface area contributed by atoms with Crippen LogP contribution in [-0.4, -0.2) is 62.5 Å². The molecule has 0 aliphatic heterocycles. The van der Waals surface area contributed by atoms with Crippen molar-refractivity contribution in [2.24, 2.45) is 0 Å². The minimum Gasteiger partial charge on any atom is -0.480 e. The van der Waals surface area contributed by atoms with E-state index in [2.05, 4.69) is 0 Å². The van der Waals surface area contributed by atoms with Crippen LogP contribution in [0.25, 0.3) is 0 Å². The maximum atomic E-state index is 11.1. The molecule has 5 nitrogen and oxygen atoms in total. The Morgan fingerprint density at radius 1 is 1.40 bits per heavy atom. The Morgan fingerprint density at radius 3 is 2.40 bits per heavy atom. The van der Waals surface area contributed by atoms with Gasteiger partial charge in [-0.05, 0) is 20.4 Å². The Kier molecular flexibility index (Phi) is 6.47. The van der Waals surface area contributed by atoms with Gasteiger partial charge in [-0.2, -0.15) is 0 Å². The number of likely N-dealkylation sites (N-methyl/N-ethyl adjacent to an activating group) is 1. The summed E-state index contributed by atoms with van der Waals surface area (Å²) in [4.78, 5) is 12.9. The number of carboxylic acids is 1. The second kappa shape index (κ2) is 6.76. The molecule has 0 radical (unpaired) electrons. The molecular weight excluding hydrogens is 198 g/mol. The lowest BCUT2D eigenvalue weighted by atomic mass is 10.0. The molecule has 5 heteroatoms. The summed E-state index contributed by atoms with van der Waals surface area (Å²) in [6.45, 7) is 3.13. The summed E-state index contributed by atoms with van der Waals surface area (Å²) >= 11 is 0. The van der Waals surface area contributed by atoms with Crippen molar-refractivity contribution in [1.29, 1.82) is 0 Å². The zero-order valence-corrected chi connectivity index (χ0v) is 9.95. The average Bonchev–Trinajstić information content (AvgIpc) is 2.18. The van der Waals surface area contributed by atoms with E-state index < -0.39 is 11.5 Å². The van der Waals surface area contributed by atoms with Crippen molar-refractivity contribution in [3.8, 4) is 0 Å². The zero-order valence-electron chi connectivity index (χ0n) is 9.95. The van der Waals surface area contributed by atoms with Crippen molar-refractivity contribution in [2.75, 3.05) is 41.0 Å². The first-order chi connectivity index (χ1) is 6.99. The van der Waals surface area contributed by atoms with Crippen molar-refractivity contribution < 1.29 is 19.4 Å². The number of rotatable bonds is 8. The normalized spacial score (nSPS) is 15.3. The molecule has 0 rings (SSSR count). The quantitative estimate of drug-likeness (QED) is 0.600. The predicted molar refractivity (Wildman–Crippen MR) is 57.0 cm³/mol. The molecule has 0 fully saturated rings. The van der Waals surface area contributed by atoms with Gasteiger partial charge in [0.25, 0.3) is 0 Å². The van der Waals surface area contributed by atoms with Crippen LogP contribution in [0.15, 0.2) is 0 Å². The monoisotopic (exact) mass is 219 g/mol. The Morgan fingerprint density at radius 2 is 2.00 bits per heavy atom. The largest absolute Gasteiger partial charge is 0.480 e. The number of aliphatic carboxylic acids is 1. The second-order valence-corrected chi connectivity index (χ2v) is 3.78. The van der Waals surface area contributed by atoms with Crippen LogP contribution in [0, 0.1) is 0 Å². The van der Waals surface area contributed by atoms with Gasteiger partial charge in [-0.1, -0.05) is 0 Å². The van der Waals surface area contributed by atoms with E-state index in [1.807, 2.05) is 0 Å². The van der Waals surface area contributed by atoms with Gasteiger partial charge in [0, 0.05) is 27.4 Å². The van der Waals surface area contributed by atoms with Gasteiger partial charge in [0.2, 0.25) is 0 Å². The Labute approximate surface area is 91.0 Å². The van der Waals surface area contributed by atoms with E-state index in [1.165, 1.54) is 7.11 Å². The Bertz CT molecular complexity index is 198. The zero-order chi connectivity index (χ0) is 11.9. The summed E-state index contributed by atoms with van der Waals surface area (Å²) < 4.78 is 9.86. The molecule has 90 valence electrons. The maximum Gasteiger partial charge on any atom is 0.326 e. The summed E-state index contributed by atoms with van der Waals surface area (Å²) in [5.74, 6) is -0.871. The molecule has 0 saturated carbocycles. The van der Waals surface area contributed by atoms with E-state index in [9.17, 15) is 4.79 Å². The lowest BCUT2D eigenvalue weighted by Gasteiger charge is -2.34. The molecule has 1 atom stereocenters. The van der Waals surface area contributed by atoms with Gasteiger partial charge in [0.05, 0.1) is 6.61 Å². The van der Waals surface area contributed by atoms with Crippen molar-refractivity contribution >= 4 is 5.97 Å². The van der Waals surface area contributed by atoms with Crippen LogP contribution in [0.2, 0.25) is 0 Å². The van der Waals surface area contributed by atoms with E-state index in [1.54, 1.807) is 26.0 Å². The first-order valence-electron chi connectivity index (χ1n) is 4.91. The van der Waals surface area contributed by atoms with Gasteiger partial charge < -0.3 is 14.6 Å². The van der Waals surface area contributed by atoms with Gasteiger partial charge in [-0.15, -0.1) is 0 Å². The molecule has 1 N–H and O–H groups in total. The summed E-state index contributed by atoms with van der Waals surface area (Å²) in [6.07, 6.45) is 0.805. The minimum atomic E-state index is -0.970. The smallest absolute Gasteiger partial charge is 0.326 e. The highest BCUT2D eigenvalue weighted by Gasteiger charge is 2.37. The predicted octanol–water partition coefficient (Wildman–Crippen LogP) is 0.444. The van der Waals surface area contributed by atoms with E-state index in [0.717, 1.165) is 6.42 Å². The average molecular weight is 219 g/mol. The van der Waals surface area contributed by atoms with Crippen LogP contribution in [0.4, 0.5) is 0 Å². The van der Waals surface area contributed by atoms with Crippen LogP contribution < -0.4 is 0 Å². The lowest BCUT2D eigenvalue weighted by Crippen LogP contribution is -2.54. The van der Waals surface area contributed by atoms with Gasteiger partial charge in [-0.25, -0.2) is 0 Å². The fraction of sp³-hybridized carbons (Fsp3) is 0.900. The molecule has 0 aromatic heterocycles. The maximum absolute atomic E-state index is 11.1. The van der Waals surface area contributed by atoms with Gasteiger partial charge in [0.15, 0.2) is 0 Å². The molecule has 0 aliphatic rings. The highest BCUT2D eigenvalue weighted by atomic mass is 16.5. The van der Waals surface area contributed by atoms with E-state index in [4.69, 9.17) is 14.6 Å². The molecule has 0 aliphatic carbocycles. The van der Waals surface area contributed by atoms with Crippen LogP contribution >= 0.6 is 0 Å². The molecule has 1 unspecified atom stereocenters. The van der Waals surface area contributed by atoms with Crippen molar-refractivity contribution in [3.63, 3.8) is 0 Å². The van der Waals surface area contributed by atoms with Crippen LogP contribution in [0.1, 0.15) is 13.3 Å².